The molecular formula is C11H17N5O. The summed E-state index contributed by atoms with van der Waals surface area (Å²) in [5, 5.41) is 2.70. The van der Waals surface area contributed by atoms with Crippen molar-refractivity contribution in [2.75, 3.05) is 30.8 Å². The highest BCUT2D eigenvalue weighted by Crippen LogP contribution is 2.31. The van der Waals surface area contributed by atoms with E-state index in [1.165, 1.54) is 0 Å². The minimum Gasteiger partial charge on any atom is -0.384 e. The number of rotatable bonds is 2. The zero-order valence-corrected chi connectivity index (χ0v) is 10.1. The van der Waals surface area contributed by atoms with Crippen LogP contribution in [0, 0.1) is 5.41 Å². The Balaban J connectivity index is 2.15. The number of hydrogen-bond donors (Lipinski definition) is 2. The Kier molecular flexibility index (Phi) is 2.87. The second kappa shape index (κ2) is 4.20. The maximum atomic E-state index is 11.8. The molecule has 3 N–H and O–H groups in total. The van der Waals surface area contributed by atoms with Gasteiger partial charge in [0.2, 0.25) is 11.9 Å². The summed E-state index contributed by atoms with van der Waals surface area (Å²) in [7, 11) is 1.66. The molecule has 2 rings (SSSR count). The fourth-order valence-corrected chi connectivity index (χ4v) is 2.13. The molecule has 17 heavy (non-hydrogen) atoms. The lowest BCUT2D eigenvalue weighted by Crippen LogP contribution is -2.39. The Morgan fingerprint density at radius 2 is 2.41 bits per heavy atom. The number of carbonyl (C=O) groups is 1. The monoisotopic (exact) mass is 235 g/mol. The zero-order chi connectivity index (χ0) is 12.5. The number of nitrogen functional groups attached to an aromatic ring is 1. The Labute approximate surface area is 100 Å². The smallest absolute Gasteiger partial charge is 0.227 e. The summed E-state index contributed by atoms with van der Waals surface area (Å²) < 4.78 is 0. The number of nitrogens with one attached hydrogen (secondary N) is 1. The highest BCUT2D eigenvalue weighted by atomic mass is 16.2. The molecule has 1 aromatic heterocycles. The summed E-state index contributed by atoms with van der Waals surface area (Å²) in [6.45, 7) is 3.35. The van der Waals surface area contributed by atoms with E-state index in [2.05, 4.69) is 15.3 Å². The SMILES string of the molecule is CNC(=O)C1(C)CCN(c2nccc(N)n2)C1. The standard InChI is InChI=1S/C11H17N5O/c1-11(9(17)13-2)4-6-16(7-11)10-14-5-3-8(12)15-10/h3,5H,4,6-7H2,1-2H3,(H,13,17)(H2,12,14,15). The van der Waals surface area contributed by atoms with E-state index in [4.69, 9.17) is 5.73 Å². The second-order valence-electron chi connectivity index (χ2n) is 4.59. The van der Waals surface area contributed by atoms with Gasteiger partial charge in [0.1, 0.15) is 5.82 Å². The first-order chi connectivity index (χ1) is 8.05. The molecule has 1 fully saturated rings. The molecule has 0 saturated carbocycles. The molecule has 1 aromatic rings. The molecule has 92 valence electrons. The Hall–Kier alpha value is -1.85. The van der Waals surface area contributed by atoms with Crippen molar-refractivity contribution in [3.05, 3.63) is 12.3 Å². The first-order valence-electron chi connectivity index (χ1n) is 5.61. The van der Waals surface area contributed by atoms with Crippen LogP contribution >= 0.6 is 0 Å². The summed E-state index contributed by atoms with van der Waals surface area (Å²) in [6.07, 6.45) is 2.43. The maximum Gasteiger partial charge on any atom is 0.227 e. The molecule has 1 aliphatic rings. The normalized spacial score (nSPS) is 23.8. The van der Waals surface area contributed by atoms with Crippen molar-refractivity contribution in [3.63, 3.8) is 0 Å². The van der Waals surface area contributed by atoms with Gasteiger partial charge in [-0.2, -0.15) is 4.98 Å². The Morgan fingerprint density at radius 1 is 1.65 bits per heavy atom. The van der Waals surface area contributed by atoms with Gasteiger partial charge in [0.15, 0.2) is 0 Å². The maximum absolute atomic E-state index is 11.8. The highest BCUT2D eigenvalue weighted by Gasteiger charge is 2.40. The molecule has 6 nitrogen and oxygen atoms in total. The third-order valence-corrected chi connectivity index (χ3v) is 3.20. The fourth-order valence-electron chi connectivity index (χ4n) is 2.13. The Morgan fingerprint density at radius 3 is 3.06 bits per heavy atom. The van der Waals surface area contributed by atoms with Crippen LogP contribution in [0.3, 0.4) is 0 Å². The molecule has 0 aliphatic carbocycles. The third kappa shape index (κ3) is 2.15. The molecule has 2 heterocycles. The first kappa shape index (κ1) is 11.6. The molecule has 0 bridgehead atoms. The molecule has 1 unspecified atom stereocenters. The molecule has 1 saturated heterocycles. The number of amides is 1. The van der Waals surface area contributed by atoms with Crippen LogP contribution in [0.25, 0.3) is 0 Å². The van der Waals surface area contributed by atoms with E-state index < -0.39 is 0 Å². The fraction of sp³-hybridized carbons (Fsp3) is 0.545. The van der Waals surface area contributed by atoms with Crippen LogP contribution in [0.4, 0.5) is 11.8 Å². The van der Waals surface area contributed by atoms with E-state index in [1.807, 2.05) is 11.8 Å². The molecular weight excluding hydrogens is 218 g/mol. The van der Waals surface area contributed by atoms with Crippen molar-refractivity contribution in [1.82, 2.24) is 15.3 Å². The highest BCUT2D eigenvalue weighted by molar-refractivity contribution is 5.83. The van der Waals surface area contributed by atoms with Crippen LogP contribution < -0.4 is 16.0 Å². The van der Waals surface area contributed by atoms with E-state index >= 15 is 0 Å². The molecule has 0 aromatic carbocycles. The van der Waals surface area contributed by atoms with Crippen LogP contribution in [0.5, 0.6) is 0 Å². The predicted molar refractivity (Wildman–Crippen MR) is 65.4 cm³/mol. The number of aromatic nitrogens is 2. The van der Waals surface area contributed by atoms with Crippen LogP contribution in [-0.4, -0.2) is 36.0 Å². The van der Waals surface area contributed by atoms with Gasteiger partial charge in [0, 0.05) is 26.3 Å². The van der Waals surface area contributed by atoms with E-state index in [1.54, 1.807) is 19.3 Å². The van der Waals surface area contributed by atoms with Gasteiger partial charge in [0.05, 0.1) is 5.41 Å². The minimum atomic E-state index is -0.372. The van der Waals surface area contributed by atoms with Gasteiger partial charge in [-0.15, -0.1) is 0 Å². The molecule has 1 amide bonds. The van der Waals surface area contributed by atoms with Crippen molar-refractivity contribution in [1.29, 1.82) is 0 Å². The number of nitrogens with two attached hydrogens (primary N) is 1. The quantitative estimate of drug-likeness (QED) is 0.755. The van der Waals surface area contributed by atoms with Crippen LogP contribution in [0.2, 0.25) is 0 Å². The van der Waals surface area contributed by atoms with Gasteiger partial charge in [0.25, 0.3) is 0 Å². The van der Waals surface area contributed by atoms with Crippen molar-refractivity contribution >= 4 is 17.7 Å². The molecule has 0 spiro atoms. The molecule has 0 radical (unpaired) electrons. The number of nitrogens with zero attached hydrogens (tertiary/aromatic N) is 3. The van der Waals surface area contributed by atoms with Gasteiger partial charge in [-0.25, -0.2) is 4.98 Å². The topological polar surface area (TPSA) is 84.1 Å². The predicted octanol–water partition coefficient (Wildman–Crippen LogP) is 0.0212. The van der Waals surface area contributed by atoms with Gasteiger partial charge in [-0.05, 0) is 19.4 Å². The first-order valence-corrected chi connectivity index (χ1v) is 5.61. The van der Waals surface area contributed by atoms with Crippen molar-refractivity contribution in [3.8, 4) is 0 Å². The minimum absolute atomic E-state index is 0.0592. The summed E-state index contributed by atoms with van der Waals surface area (Å²) in [6, 6.07) is 1.65. The van der Waals surface area contributed by atoms with Crippen molar-refractivity contribution in [2.24, 2.45) is 5.41 Å². The van der Waals surface area contributed by atoms with E-state index in [-0.39, 0.29) is 11.3 Å². The number of hydrogen-bond acceptors (Lipinski definition) is 5. The van der Waals surface area contributed by atoms with Gasteiger partial charge in [-0.1, -0.05) is 0 Å². The second-order valence-corrected chi connectivity index (χ2v) is 4.59. The lowest BCUT2D eigenvalue weighted by molar-refractivity contribution is -0.128. The Bertz CT molecular complexity index is 436. The molecule has 1 aliphatic heterocycles. The van der Waals surface area contributed by atoms with Gasteiger partial charge in [-0.3, -0.25) is 4.79 Å². The number of anilines is 2. The van der Waals surface area contributed by atoms with E-state index in [9.17, 15) is 4.79 Å². The third-order valence-electron chi connectivity index (χ3n) is 3.20. The number of carbonyl (C=O) groups excluding carboxylic acids is 1. The molecule has 1 atom stereocenters. The molecule has 6 heteroatoms. The zero-order valence-electron chi connectivity index (χ0n) is 10.1. The summed E-state index contributed by atoms with van der Waals surface area (Å²) >= 11 is 0. The van der Waals surface area contributed by atoms with Crippen molar-refractivity contribution in [2.45, 2.75) is 13.3 Å². The lowest BCUT2D eigenvalue weighted by atomic mass is 9.89. The summed E-state index contributed by atoms with van der Waals surface area (Å²) in [5.74, 6) is 1.10. The van der Waals surface area contributed by atoms with Crippen molar-refractivity contribution < 1.29 is 4.79 Å². The summed E-state index contributed by atoms with van der Waals surface area (Å²) in [4.78, 5) is 22.1. The average molecular weight is 235 g/mol. The van der Waals surface area contributed by atoms with E-state index in [0.29, 0.717) is 18.3 Å². The van der Waals surface area contributed by atoms with Crippen LogP contribution in [0.1, 0.15) is 13.3 Å². The summed E-state index contributed by atoms with van der Waals surface area (Å²) in [5.41, 5.74) is 5.25. The van der Waals surface area contributed by atoms with Gasteiger partial charge >= 0.3 is 0 Å². The largest absolute Gasteiger partial charge is 0.384 e. The van der Waals surface area contributed by atoms with Gasteiger partial charge < -0.3 is 16.0 Å². The van der Waals surface area contributed by atoms with Crippen LogP contribution in [0.15, 0.2) is 12.3 Å². The van der Waals surface area contributed by atoms with E-state index in [0.717, 1.165) is 13.0 Å². The van der Waals surface area contributed by atoms with Crippen LogP contribution in [-0.2, 0) is 4.79 Å². The lowest BCUT2D eigenvalue weighted by Gasteiger charge is -2.22. The average Bonchev–Trinajstić information content (AvgIpc) is 2.72.